The topological polar surface area (TPSA) is 57.3 Å². The second-order valence-corrected chi connectivity index (χ2v) is 6.65. The number of anilines is 1. The van der Waals surface area contributed by atoms with Crippen molar-refractivity contribution in [3.05, 3.63) is 11.1 Å². The zero-order chi connectivity index (χ0) is 15.1. The van der Waals surface area contributed by atoms with Crippen LogP contribution in [0.1, 0.15) is 31.9 Å². The number of hydrogen-bond acceptors (Lipinski definition) is 5. The van der Waals surface area contributed by atoms with Crippen molar-refractivity contribution >= 4 is 22.4 Å². The quantitative estimate of drug-likeness (QED) is 0.810. The van der Waals surface area contributed by atoms with E-state index in [1.807, 2.05) is 12.3 Å². The number of nitrogens with one attached hydrogen (secondary N) is 2. The molecule has 21 heavy (non-hydrogen) atoms. The van der Waals surface area contributed by atoms with E-state index in [4.69, 9.17) is 0 Å². The summed E-state index contributed by atoms with van der Waals surface area (Å²) in [6.07, 6.45) is 3.58. The van der Waals surface area contributed by atoms with Crippen molar-refractivity contribution in [2.75, 3.05) is 38.0 Å². The molecule has 1 fully saturated rings. The van der Waals surface area contributed by atoms with Gasteiger partial charge in [0.25, 0.3) is 0 Å². The highest BCUT2D eigenvalue weighted by atomic mass is 32.1. The lowest BCUT2D eigenvalue weighted by Gasteiger charge is -2.29. The highest BCUT2D eigenvalue weighted by molar-refractivity contribution is 7.13. The first-order chi connectivity index (χ1) is 10.2. The summed E-state index contributed by atoms with van der Waals surface area (Å²) < 4.78 is 0. The largest absolute Gasteiger partial charge is 0.316 e. The summed E-state index contributed by atoms with van der Waals surface area (Å²) in [5.74, 6) is 0.710. The van der Waals surface area contributed by atoms with Gasteiger partial charge in [-0.1, -0.05) is 6.92 Å². The first-order valence-electron chi connectivity index (χ1n) is 7.82. The summed E-state index contributed by atoms with van der Waals surface area (Å²) in [6.45, 7) is 8.75. The number of amides is 1. The number of thiazole rings is 1. The fourth-order valence-electron chi connectivity index (χ4n) is 2.77. The number of rotatable bonds is 7. The molecule has 1 saturated heterocycles. The van der Waals surface area contributed by atoms with Crippen molar-refractivity contribution < 1.29 is 4.79 Å². The summed E-state index contributed by atoms with van der Waals surface area (Å²) in [6, 6.07) is 0. The molecule has 0 saturated carbocycles. The van der Waals surface area contributed by atoms with Crippen molar-refractivity contribution in [2.24, 2.45) is 5.92 Å². The van der Waals surface area contributed by atoms with Gasteiger partial charge in [-0.15, -0.1) is 11.3 Å². The van der Waals surface area contributed by atoms with Crippen LogP contribution in [0.3, 0.4) is 0 Å². The van der Waals surface area contributed by atoms with Crippen LogP contribution in [-0.4, -0.2) is 48.5 Å². The molecule has 2 heterocycles. The Morgan fingerprint density at radius 1 is 1.62 bits per heavy atom. The molecule has 1 aromatic rings. The molecule has 118 valence electrons. The fourth-order valence-corrected chi connectivity index (χ4v) is 3.47. The third kappa shape index (κ3) is 5.73. The normalized spacial score (nSPS) is 18.9. The van der Waals surface area contributed by atoms with Crippen molar-refractivity contribution in [2.45, 2.75) is 33.1 Å². The Labute approximate surface area is 131 Å². The number of nitrogens with zero attached hydrogens (tertiary/aromatic N) is 2. The molecule has 0 aromatic carbocycles. The molecule has 0 bridgehead atoms. The third-order valence-electron chi connectivity index (χ3n) is 3.69. The molecule has 2 rings (SSSR count). The summed E-state index contributed by atoms with van der Waals surface area (Å²) in [7, 11) is 0. The van der Waals surface area contributed by atoms with Gasteiger partial charge in [0, 0.05) is 11.9 Å². The Bertz CT molecular complexity index is 443. The Hall–Kier alpha value is -0.980. The van der Waals surface area contributed by atoms with Crippen molar-refractivity contribution in [3.63, 3.8) is 0 Å². The van der Waals surface area contributed by atoms with Gasteiger partial charge in [0.1, 0.15) is 0 Å². The van der Waals surface area contributed by atoms with Gasteiger partial charge in [-0.05, 0) is 51.7 Å². The lowest BCUT2D eigenvalue weighted by molar-refractivity contribution is -0.117. The summed E-state index contributed by atoms with van der Waals surface area (Å²) >= 11 is 1.48. The molecule has 1 aromatic heterocycles. The molecule has 6 heteroatoms. The van der Waals surface area contributed by atoms with Crippen molar-refractivity contribution in [3.8, 4) is 0 Å². The molecule has 1 aliphatic rings. The molecule has 1 atom stereocenters. The smallest absolute Gasteiger partial charge is 0.240 e. The Morgan fingerprint density at radius 3 is 3.10 bits per heavy atom. The average molecular weight is 310 g/mol. The molecule has 1 aliphatic heterocycles. The third-order valence-corrected chi connectivity index (χ3v) is 4.56. The van der Waals surface area contributed by atoms with Crippen molar-refractivity contribution in [1.29, 1.82) is 0 Å². The van der Waals surface area contributed by atoms with Crippen LogP contribution >= 0.6 is 11.3 Å². The molecule has 1 unspecified atom stereocenters. The predicted octanol–water partition coefficient (Wildman–Crippen LogP) is 2.10. The van der Waals surface area contributed by atoms with Gasteiger partial charge in [0.15, 0.2) is 5.13 Å². The fraction of sp³-hybridized carbons (Fsp3) is 0.733. The Kier molecular flexibility index (Phi) is 6.60. The van der Waals surface area contributed by atoms with Crippen LogP contribution in [0.4, 0.5) is 5.13 Å². The lowest BCUT2D eigenvalue weighted by atomic mass is 9.99. The van der Waals surface area contributed by atoms with Crippen LogP contribution in [0.2, 0.25) is 0 Å². The number of carbonyl (C=O) groups is 1. The van der Waals surface area contributed by atoms with Crippen LogP contribution in [0.25, 0.3) is 0 Å². The minimum absolute atomic E-state index is 0.0431. The van der Waals surface area contributed by atoms with E-state index >= 15 is 0 Å². The molecular weight excluding hydrogens is 284 g/mol. The van der Waals surface area contributed by atoms with E-state index in [9.17, 15) is 4.79 Å². The second-order valence-electron chi connectivity index (χ2n) is 5.79. The zero-order valence-corrected chi connectivity index (χ0v) is 13.8. The maximum absolute atomic E-state index is 12.1. The van der Waals surface area contributed by atoms with Crippen LogP contribution in [0, 0.1) is 12.8 Å². The van der Waals surface area contributed by atoms with E-state index in [1.54, 1.807) is 0 Å². The number of aryl methyl sites for hydroxylation is 1. The van der Waals surface area contributed by atoms with Gasteiger partial charge >= 0.3 is 0 Å². The molecule has 5 nitrogen and oxygen atoms in total. The van der Waals surface area contributed by atoms with E-state index < -0.39 is 0 Å². The van der Waals surface area contributed by atoms with Gasteiger partial charge in [0.2, 0.25) is 5.91 Å². The minimum atomic E-state index is 0.0431. The average Bonchev–Trinajstić information content (AvgIpc) is 2.85. The molecule has 0 radical (unpaired) electrons. The lowest BCUT2D eigenvalue weighted by Crippen LogP contribution is -2.41. The Balaban J connectivity index is 1.81. The SMILES string of the molecule is CCCN(CC(=O)Nc1nc(C)cs1)CC1CCCNC1. The van der Waals surface area contributed by atoms with Gasteiger partial charge in [-0.2, -0.15) is 0 Å². The van der Waals surface area contributed by atoms with Gasteiger partial charge in [-0.3, -0.25) is 9.69 Å². The number of aromatic nitrogens is 1. The maximum Gasteiger partial charge on any atom is 0.240 e. The van der Waals surface area contributed by atoms with Gasteiger partial charge in [0.05, 0.1) is 12.2 Å². The Morgan fingerprint density at radius 2 is 2.48 bits per heavy atom. The summed E-state index contributed by atoms with van der Waals surface area (Å²) in [4.78, 5) is 18.7. The van der Waals surface area contributed by atoms with Crippen LogP contribution in [-0.2, 0) is 4.79 Å². The van der Waals surface area contributed by atoms with Crippen LogP contribution in [0.15, 0.2) is 5.38 Å². The molecule has 1 amide bonds. The number of hydrogen-bond donors (Lipinski definition) is 2. The standard InChI is InChI=1S/C15H26N4OS/c1-3-7-19(9-13-5-4-6-16-8-13)10-14(20)18-15-17-12(2)11-21-15/h11,13,16H,3-10H2,1-2H3,(H,17,18,20). The highest BCUT2D eigenvalue weighted by Crippen LogP contribution is 2.15. The first-order valence-corrected chi connectivity index (χ1v) is 8.70. The van der Waals surface area contributed by atoms with Crippen LogP contribution < -0.4 is 10.6 Å². The summed E-state index contributed by atoms with van der Waals surface area (Å²) in [5, 5.41) is 9.00. The van der Waals surface area contributed by atoms with Gasteiger partial charge < -0.3 is 10.6 Å². The molecule has 0 spiro atoms. The van der Waals surface area contributed by atoms with Crippen LogP contribution in [0.5, 0.6) is 0 Å². The van der Waals surface area contributed by atoms with E-state index in [0.717, 1.165) is 38.3 Å². The van der Waals surface area contributed by atoms with Crippen molar-refractivity contribution in [1.82, 2.24) is 15.2 Å². The van der Waals surface area contributed by atoms with E-state index in [1.165, 1.54) is 24.2 Å². The molecular formula is C15H26N4OS. The maximum atomic E-state index is 12.1. The molecule has 2 N–H and O–H groups in total. The predicted molar refractivity (Wildman–Crippen MR) is 87.8 cm³/mol. The molecule has 0 aliphatic carbocycles. The van der Waals surface area contributed by atoms with E-state index in [0.29, 0.717) is 17.6 Å². The minimum Gasteiger partial charge on any atom is -0.316 e. The van der Waals surface area contributed by atoms with E-state index in [-0.39, 0.29) is 5.91 Å². The van der Waals surface area contributed by atoms with E-state index in [2.05, 4.69) is 27.4 Å². The highest BCUT2D eigenvalue weighted by Gasteiger charge is 2.18. The second kappa shape index (κ2) is 8.46. The monoisotopic (exact) mass is 310 g/mol. The zero-order valence-electron chi connectivity index (χ0n) is 13.0. The number of carbonyl (C=O) groups excluding carboxylic acids is 1. The number of piperidine rings is 1. The first kappa shape index (κ1) is 16.4. The van der Waals surface area contributed by atoms with Gasteiger partial charge in [-0.25, -0.2) is 4.98 Å². The summed E-state index contributed by atoms with van der Waals surface area (Å²) in [5.41, 5.74) is 0.953.